The lowest BCUT2D eigenvalue weighted by Crippen LogP contribution is -2.41. The summed E-state index contributed by atoms with van der Waals surface area (Å²) in [6, 6.07) is 8.32. The number of aryl methyl sites for hydroxylation is 1. The van der Waals surface area contributed by atoms with Crippen LogP contribution in [0, 0.1) is 6.92 Å². The SMILES string of the molecule is Cc1ccc([Si](C)(Cl)CCl)cc1. The van der Waals surface area contributed by atoms with E-state index in [0.29, 0.717) is 5.50 Å². The lowest BCUT2D eigenvalue weighted by atomic mass is 10.2. The molecule has 0 saturated heterocycles. The molecule has 0 bridgehead atoms. The molecule has 0 amide bonds. The summed E-state index contributed by atoms with van der Waals surface area (Å²) in [5.74, 6) is 0. The standard InChI is InChI=1S/C9H12Cl2Si/c1-8-3-5-9(6-4-8)12(2,11)7-10/h3-6H,7H2,1-2H3. The average Bonchev–Trinajstić information content (AvgIpc) is 2.05. The highest BCUT2D eigenvalue weighted by Crippen LogP contribution is 2.11. The molecule has 0 heterocycles. The summed E-state index contributed by atoms with van der Waals surface area (Å²) in [7, 11) is -1.84. The van der Waals surface area contributed by atoms with Crippen LogP contribution in [0.15, 0.2) is 24.3 Å². The van der Waals surface area contributed by atoms with Gasteiger partial charge in [-0.15, -0.1) is 11.6 Å². The van der Waals surface area contributed by atoms with Gasteiger partial charge in [0, 0.05) is 5.50 Å². The van der Waals surface area contributed by atoms with Crippen molar-refractivity contribution in [2.45, 2.75) is 13.5 Å². The molecule has 66 valence electrons. The zero-order valence-corrected chi connectivity index (χ0v) is 9.78. The Morgan fingerprint density at radius 2 is 1.75 bits per heavy atom. The third kappa shape index (κ3) is 2.25. The molecule has 0 N–H and O–H groups in total. The maximum absolute atomic E-state index is 6.31. The highest BCUT2D eigenvalue weighted by atomic mass is 35.6. The molecule has 3 heteroatoms. The monoisotopic (exact) mass is 218 g/mol. The van der Waals surface area contributed by atoms with E-state index in [1.165, 1.54) is 10.8 Å². The van der Waals surface area contributed by atoms with E-state index in [2.05, 4.69) is 37.7 Å². The second kappa shape index (κ2) is 3.82. The molecular weight excluding hydrogens is 207 g/mol. The summed E-state index contributed by atoms with van der Waals surface area (Å²) in [6.07, 6.45) is 0. The van der Waals surface area contributed by atoms with E-state index in [1.807, 2.05) is 0 Å². The van der Waals surface area contributed by atoms with Crippen molar-refractivity contribution >= 4 is 35.3 Å². The van der Waals surface area contributed by atoms with Gasteiger partial charge >= 0.3 is 0 Å². The maximum Gasteiger partial charge on any atom is 0.198 e. The van der Waals surface area contributed by atoms with E-state index in [-0.39, 0.29) is 0 Å². The lowest BCUT2D eigenvalue weighted by Gasteiger charge is -2.15. The van der Waals surface area contributed by atoms with Crippen molar-refractivity contribution in [2.24, 2.45) is 0 Å². The zero-order valence-electron chi connectivity index (χ0n) is 7.27. The van der Waals surface area contributed by atoms with Crippen LogP contribution in [0.3, 0.4) is 0 Å². The first kappa shape index (κ1) is 10.1. The largest absolute Gasteiger partial charge is 0.198 e. The predicted molar refractivity (Wildman–Crippen MR) is 59.0 cm³/mol. The van der Waals surface area contributed by atoms with Crippen LogP contribution < -0.4 is 5.19 Å². The number of hydrogen-bond donors (Lipinski definition) is 0. The summed E-state index contributed by atoms with van der Waals surface area (Å²) >= 11 is 12.1. The molecule has 1 rings (SSSR count). The number of benzene rings is 1. The van der Waals surface area contributed by atoms with E-state index in [1.54, 1.807) is 0 Å². The quantitative estimate of drug-likeness (QED) is 0.407. The van der Waals surface area contributed by atoms with Gasteiger partial charge in [0.15, 0.2) is 7.38 Å². The summed E-state index contributed by atoms with van der Waals surface area (Å²) in [5.41, 5.74) is 1.83. The molecule has 0 aliphatic carbocycles. The van der Waals surface area contributed by atoms with Gasteiger partial charge in [0.1, 0.15) is 0 Å². The number of alkyl halides is 1. The van der Waals surface area contributed by atoms with E-state index < -0.39 is 7.38 Å². The Hall–Kier alpha value is 0.0169. The van der Waals surface area contributed by atoms with Crippen molar-refractivity contribution in [3.8, 4) is 0 Å². The maximum atomic E-state index is 6.31. The van der Waals surface area contributed by atoms with E-state index in [9.17, 15) is 0 Å². The van der Waals surface area contributed by atoms with Gasteiger partial charge in [0.25, 0.3) is 0 Å². The smallest absolute Gasteiger partial charge is 0.160 e. The summed E-state index contributed by atoms with van der Waals surface area (Å²) in [6.45, 7) is 4.13. The van der Waals surface area contributed by atoms with Crippen LogP contribution in [0.5, 0.6) is 0 Å². The Bertz CT molecular complexity index is 254. The highest BCUT2D eigenvalue weighted by molar-refractivity contribution is 7.28. The summed E-state index contributed by atoms with van der Waals surface area (Å²) in [4.78, 5) is 0. The van der Waals surface area contributed by atoms with Crippen LogP contribution in [0.2, 0.25) is 6.55 Å². The molecule has 0 aliphatic rings. The minimum absolute atomic E-state index is 0.567. The van der Waals surface area contributed by atoms with Gasteiger partial charge < -0.3 is 0 Å². The molecule has 0 nitrogen and oxygen atoms in total. The second-order valence-corrected chi connectivity index (χ2v) is 9.74. The molecule has 0 aromatic heterocycles. The molecule has 1 unspecified atom stereocenters. The first-order chi connectivity index (χ1) is 5.56. The van der Waals surface area contributed by atoms with E-state index in [0.717, 1.165) is 0 Å². The number of hydrogen-bond acceptors (Lipinski definition) is 0. The molecule has 0 fully saturated rings. The minimum Gasteiger partial charge on any atom is -0.160 e. The van der Waals surface area contributed by atoms with Crippen LogP contribution in [0.4, 0.5) is 0 Å². The molecule has 0 radical (unpaired) electrons. The first-order valence-electron chi connectivity index (χ1n) is 3.88. The van der Waals surface area contributed by atoms with Gasteiger partial charge in [-0.05, 0) is 12.1 Å². The third-order valence-electron chi connectivity index (χ3n) is 1.90. The first-order valence-corrected chi connectivity index (χ1v) is 8.13. The lowest BCUT2D eigenvalue weighted by molar-refractivity contribution is 1.48. The molecule has 0 spiro atoms. The van der Waals surface area contributed by atoms with Gasteiger partial charge in [-0.3, -0.25) is 0 Å². The Morgan fingerprint density at radius 3 is 2.17 bits per heavy atom. The average molecular weight is 219 g/mol. The Morgan fingerprint density at radius 1 is 1.25 bits per heavy atom. The van der Waals surface area contributed by atoms with Crippen molar-refractivity contribution in [3.63, 3.8) is 0 Å². The van der Waals surface area contributed by atoms with Crippen molar-refractivity contribution in [1.29, 1.82) is 0 Å². The third-order valence-corrected chi connectivity index (χ3v) is 7.01. The fourth-order valence-corrected chi connectivity index (χ4v) is 2.84. The topological polar surface area (TPSA) is 0 Å². The normalized spacial score (nSPS) is 15.7. The van der Waals surface area contributed by atoms with Crippen LogP contribution in [-0.4, -0.2) is 12.9 Å². The van der Waals surface area contributed by atoms with Crippen LogP contribution >= 0.6 is 22.7 Å². The van der Waals surface area contributed by atoms with Crippen molar-refractivity contribution in [1.82, 2.24) is 0 Å². The van der Waals surface area contributed by atoms with Crippen LogP contribution in [0.25, 0.3) is 0 Å². The number of halogens is 2. The molecule has 1 atom stereocenters. The molecular formula is C9H12Cl2Si. The Labute approximate surface area is 84.2 Å². The van der Waals surface area contributed by atoms with Crippen molar-refractivity contribution in [3.05, 3.63) is 29.8 Å². The minimum atomic E-state index is -1.84. The Kier molecular flexibility index (Phi) is 3.21. The van der Waals surface area contributed by atoms with Gasteiger partial charge in [-0.25, -0.2) is 0 Å². The van der Waals surface area contributed by atoms with Crippen LogP contribution in [-0.2, 0) is 0 Å². The van der Waals surface area contributed by atoms with Gasteiger partial charge in [0.2, 0.25) is 0 Å². The molecule has 0 aliphatic heterocycles. The predicted octanol–water partition coefficient (Wildman–Crippen LogP) is 2.79. The molecule has 1 aromatic rings. The zero-order chi connectivity index (χ0) is 9.19. The molecule has 0 saturated carbocycles. The molecule has 1 aromatic carbocycles. The fourth-order valence-electron chi connectivity index (χ4n) is 0.978. The van der Waals surface area contributed by atoms with Crippen LogP contribution in [0.1, 0.15) is 5.56 Å². The van der Waals surface area contributed by atoms with Crippen molar-refractivity contribution < 1.29 is 0 Å². The number of rotatable bonds is 2. The van der Waals surface area contributed by atoms with E-state index in [4.69, 9.17) is 22.7 Å². The molecule has 12 heavy (non-hydrogen) atoms. The van der Waals surface area contributed by atoms with Gasteiger partial charge in [0.05, 0.1) is 0 Å². The fraction of sp³-hybridized carbons (Fsp3) is 0.333. The highest BCUT2D eigenvalue weighted by Gasteiger charge is 2.25. The van der Waals surface area contributed by atoms with E-state index >= 15 is 0 Å². The van der Waals surface area contributed by atoms with Gasteiger partial charge in [-0.1, -0.05) is 36.4 Å². The Balaban J connectivity index is 2.96. The summed E-state index contributed by atoms with van der Waals surface area (Å²) in [5, 5.41) is 1.21. The summed E-state index contributed by atoms with van der Waals surface area (Å²) < 4.78 is 0. The van der Waals surface area contributed by atoms with Crippen molar-refractivity contribution in [2.75, 3.05) is 5.50 Å². The van der Waals surface area contributed by atoms with Gasteiger partial charge in [-0.2, -0.15) is 11.1 Å². The second-order valence-electron chi connectivity index (χ2n) is 3.20.